The van der Waals surface area contributed by atoms with Crippen molar-refractivity contribution in [1.82, 2.24) is 0 Å². The van der Waals surface area contributed by atoms with Crippen molar-refractivity contribution in [3.05, 3.63) is 24.3 Å². The highest BCUT2D eigenvalue weighted by Crippen LogP contribution is 2.67. The lowest BCUT2D eigenvalue weighted by atomic mass is 9.44. The molecule has 0 aliphatic heterocycles. The fraction of sp³-hybridized carbons (Fsp3) is 0.773. The molecule has 4 fully saturated rings. The number of fused-ring (bicyclic) bond motifs is 5. The van der Waals surface area contributed by atoms with Gasteiger partial charge in [-0.1, -0.05) is 52.0 Å². The fourth-order valence-corrected chi connectivity index (χ4v) is 10.5. The molecule has 4 rings (SSSR count). The molecule has 0 aromatic rings. The Balaban J connectivity index is 1.11. The monoisotopic (exact) mass is 786 g/mol. The molecule has 0 unspecified atom stereocenters. The van der Waals surface area contributed by atoms with E-state index in [0.717, 1.165) is 57.8 Å². The van der Waals surface area contributed by atoms with Crippen LogP contribution in [-0.4, -0.2) is 68.0 Å². The summed E-state index contributed by atoms with van der Waals surface area (Å²) in [4.78, 5) is 73.9. The molecule has 0 aromatic carbocycles. The van der Waals surface area contributed by atoms with E-state index in [2.05, 4.69) is 13.8 Å². The standard InChI is InChI=1S/C44H66O12/c1-6-8-10-14-38(46)51-27-33(28-52-39(47)15-11-9-7-2)55-41(49)17-13-12-16-40(48)53-29-54-42(50)56-32-22-24-43(4)31(26-32)18-19-34-36-21-20-35(30(3)45)44(36,5)25-23-37(34)43/h8-11,31-37H,6-7,12-29H2,1-5H3/b10-8-,11-9-/t31-,32+,34-,35+,36-,37-,43-,44+/m0/s1. The van der Waals surface area contributed by atoms with Gasteiger partial charge in [0.15, 0.2) is 6.10 Å². The number of ether oxygens (including phenoxy) is 6. The first-order valence-electron chi connectivity index (χ1n) is 21.1. The molecular formula is C44H66O12. The number of rotatable bonds is 20. The third-order valence-corrected chi connectivity index (χ3v) is 13.3. The Morgan fingerprint density at radius 1 is 0.661 bits per heavy atom. The van der Waals surface area contributed by atoms with E-state index in [4.69, 9.17) is 28.4 Å². The zero-order chi connectivity index (χ0) is 40.7. The average molecular weight is 787 g/mol. The molecule has 0 N–H and O–H groups in total. The summed E-state index contributed by atoms with van der Waals surface area (Å²) in [5, 5.41) is 0. The maximum Gasteiger partial charge on any atom is 0.511 e. The molecule has 0 amide bonds. The minimum absolute atomic E-state index is 0.00135. The Labute approximate surface area is 333 Å². The van der Waals surface area contributed by atoms with Crippen LogP contribution in [0.5, 0.6) is 0 Å². The lowest BCUT2D eigenvalue weighted by Crippen LogP contribution is -2.54. The molecule has 0 bridgehead atoms. The zero-order valence-electron chi connectivity index (χ0n) is 34.4. The number of allylic oxidation sites excluding steroid dienone is 2. The number of hydrogen-bond acceptors (Lipinski definition) is 12. The quantitative estimate of drug-likeness (QED) is 0.0381. The minimum atomic E-state index is -0.973. The van der Waals surface area contributed by atoms with Gasteiger partial charge in [0.1, 0.15) is 25.1 Å². The maximum absolute atomic E-state index is 12.5. The number of esters is 4. The van der Waals surface area contributed by atoms with Gasteiger partial charge in [-0.25, -0.2) is 4.79 Å². The first kappa shape index (κ1) is 45.0. The van der Waals surface area contributed by atoms with Gasteiger partial charge in [0.25, 0.3) is 0 Å². The van der Waals surface area contributed by atoms with Crippen LogP contribution < -0.4 is 0 Å². The van der Waals surface area contributed by atoms with Gasteiger partial charge in [-0.3, -0.25) is 24.0 Å². The molecule has 56 heavy (non-hydrogen) atoms. The van der Waals surface area contributed by atoms with E-state index in [9.17, 15) is 28.8 Å². The average Bonchev–Trinajstić information content (AvgIpc) is 3.52. The molecule has 12 heteroatoms. The maximum atomic E-state index is 12.5. The first-order chi connectivity index (χ1) is 26.8. The van der Waals surface area contributed by atoms with Crippen LogP contribution in [0.4, 0.5) is 4.79 Å². The SMILES string of the molecule is CC/C=C\CC(=O)OCC(COC(=O)C/C=C\CC)OC(=O)CCCCC(=O)OCOC(=O)O[C@@H]1CC[C@@]2(C)[C@@H](CC[C@@H]3[C@@H]2CC[C@]2(C)[C@@H](C(C)=O)CC[C@@H]32)C1. The van der Waals surface area contributed by atoms with E-state index in [0.29, 0.717) is 42.3 Å². The third-order valence-electron chi connectivity index (χ3n) is 13.3. The van der Waals surface area contributed by atoms with E-state index in [1.54, 1.807) is 19.1 Å². The molecule has 4 saturated carbocycles. The topological polar surface area (TPSA) is 158 Å². The first-order valence-corrected chi connectivity index (χ1v) is 21.1. The molecule has 314 valence electrons. The Kier molecular flexibility index (Phi) is 17.5. The van der Waals surface area contributed by atoms with Crippen molar-refractivity contribution >= 4 is 35.8 Å². The second kappa shape index (κ2) is 21.7. The van der Waals surface area contributed by atoms with Gasteiger partial charge in [0.2, 0.25) is 6.79 Å². The van der Waals surface area contributed by atoms with Crippen LogP contribution in [0, 0.1) is 40.4 Å². The van der Waals surface area contributed by atoms with Gasteiger partial charge < -0.3 is 28.4 Å². The highest BCUT2D eigenvalue weighted by Gasteiger charge is 2.61. The lowest BCUT2D eigenvalue weighted by Gasteiger charge is -2.61. The minimum Gasteiger partial charge on any atom is -0.461 e. The molecule has 0 heterocycles. The van der Waals surface area contributed by atoms with E-state index >= 15 is 0 Å². The van der Waals surface area contributed by atoms with Crippen molar-refractivity contribution in [1.29, 1.82) is 0 Å². The summed E-state index contributed by atoms with van der Waals surface area (Å²) in [5.74, 6) is 0.804. The Hall–Kier alpha value is -3.70. The van der Waals surface area contributed by atoms with Gasteiger partial charge >= 0.3 is 30.0 Å². The van der Waals surface area contributed by atoms with Gasteiger partial charge in [-0.15, -0.1) is 0 Å². The predicted molar refractivity (Wildman–Crippen MR) is 207 cm³/mol. The van der Waals surface area contributed by atoms with Gasteiger partial charge in [0.05, 0.1) is 12.8 Å². The number of Topliss-reactive ketones (excluding diaryl/α,β-unsaturated/α-hetero) is 1. The Morgan fingerprint density at radius 2 is 1.27 bits per heavy atom. The summed E-state index contributed by atoms with van der Waals surface area (Å²) in [6.45, 7) is 9.41. The second-order valence-corrected chi connectivity index (χ2v) is 16.8. The summed E-state index contributed by atoms with van der Waals surface area (Å²) in [5.41, 5.74) is 0.343. The number of ketones is 1. The molecule has 0 aromatic heterocycles. The van der Waals surface area contributed by atoms with Crippen LogP contribution in [0.1, 0.15) is 144 Å². The van der Waals surface area contributed by atoms with Crippen molar-refractivity contribution in [3.8, 4) is 0 Å². The number of unbranched alkanes of at least 4 members (excludes halogenated alkanes) is 1. The molecule has 0 spiro atoms. The summed E-state index contributed by atoms with van der Waals surface area (Å²) in [7, 11) is 0. The van der Waals surface area contributed by atoms with Crippen LogP contribution in [-0.2, 0) is 52.4 Å². The second-order valence-electron chi connectivity index (χ2n) is 16.8. The van der Waals surface area contributed by atoms with E-state index in [1.807, 2.05) is 26.0 Å². The largest absolute Gasteiger partial charge is 0.511 e. The smallest absolute Gasteiger partial charge is 0.461 e. The summed E-state index contributed by atoms with van der Waals surface area (Å²) >= 11 is 0. The van der Waals surface area contributed by atoms with Crippen LogP contribution >= 0.6 is 0 Å². The summed E-state index contributed by atoms with van der Waals surface area (Å²) < 4.78 is 31.7. The number of hydrogen-bond donors (Lipinski definition) is 0. The normalized spacial score (nSPS) is 29.5. The molecule has 0 radical (unpaired) electrons. The molecular weight excluding hydrogens is 720 g/mol. The molecule has 8 atom stereocenters. The van der Waals surface area contributed by atoms with Gasteiger partial charge in [-0.2, -0.15) is 0 Å². The highest BCUT2D eigenvalue weighted by atomic mass is 16.8. The van der Waals surface area contributed by atoms with E-state index in [1.165, 1.54) is 12.8 Å². The Bertz CT molecular complexity index is 1390. The van der Waals surface area contributed by atoms with Crippen LogP contribution in [0.15, 0.2) is 24.3 Å². The highest BCUT2D eigenvalue weighted by molar-refractivity contribution is 5.79. The van der Waals surface area contributed by atoms with Crippen molar-refractivity contribution < 1.29 is 57.2 Å². The Morgan fingerprint density at radius 3 is 1.89 bits per heavy atom. The van der Waals surface area contributed by atoms with Gasteiger partial charge in [-0.05, 0) is 125 Å². The summed E-state index contributed by atoms with van der Waals surface area (Å²) in [6.07, 6.45) is 16.7. The van der Waals surface area contributed by atoms with Crippen molar-refractivity contribution in [2.75, 3.05) is 20.0 Å². The van der Waals surface area contributed by atoms with Crippen LogP contribution in [0.3, 0.4) is 0 Å². The van der Waals surface area contributed by atoms with Crippen molar-refractivity contribution in [3.63, 3.8) is 0 Å². The van der Waals surface area contributed by atoms with Crippen LogP contribution in [0.25, 0.3) is 0 Å². The fourth-order valence-electron chi connectivity index (χ4n) is 10.5. The number of carbonyl (C=O) groups excluding carboxylic acids is 6. The lowest BCUT2D eigenvalue weighted by molar-refractivity contribution is -0.166. The van der Waals surface area contributed by atoms with Crippen LogP contribution in [0.2, 0.25) is 0 Å². The molecule has 12 nitrogen and oxygen atoms in total. The molecule has 4 aliphatic rings. The predicted octanol–water partition coefficient (Wildman–Crippen LogP) is 8.53. The zero-order valence-corrected chi connectivity index (χ0v) is 34.4. The van der Waals surface area contributed by atoms with Crippen molar-refractivity contribution in [2.45, 2.75) is 156 Å². The molecule has 4 aliphatic carbocycles. The number of carbonyl (C=O) groups is 6. The van der Waals surface area contributed by atoms with Gasteiger partial charge in [0, 0.05) is 18.8 Å². The summed E-state index contributed by atoms with van der Waals surface area (Å²) in [6, 6.07) is 0. The van der Waals surface area contributed by atoms with E-state index in [-0.39, 0.29) is 61.7 Å². The molecule has 0 saturated heterocycles. The van der Waals surface area contributed by atoms with E-state index < -0.39 is 42.9 Å². The third kappa shape index (κ3) is 12.4. The van der Waals surface area contributed by atoms with Crippen molar-refractivity contribution in [2.24, 2.45) is 40.4 Å².